The van der Waals surface area contributed by atoms with E-state index >= 15 is 0 Å². The number of ether oxygens (including phenoxy) is 1. The minimum atomic E-state index is 0.609. The lowest BCUT2D eigenvalue weighted by Gasteiger charge is -2.09. The first-order valence-corrected chi connectivity index (χ1v) is 7.16. The third-order valence-electron chi connectivity index (χ3n) is 2.84. The summed E-state index contributed by atoms with van der Waals surface area (Å²) >= 11 is 6.14. The molecule has 0 amide bonds. The van der Waals surface area contributed by atoms with Gasteiger partial charge in [0.25, 0.3) is 0 Å². The summed E-state index contributed by atoms with van der Waals surface area (Å²) in [5, 5.41) is 3.93. The summed E-state index contributed by atoms with van der Waals surface area (Å²) in [4.78, 5) is 4.32. The van der Waals surface area contributed by atoms with Crippen LogP contribution in [0.4, 0.5) is 0 Å². The lowest BCUT2D eigenvalue weighted by Crippen LogP contribution is -2.14. The Hall–Kier alpha value is -1.58. The zero-order valence-electron chi connectivity index (χ0n) is 11.8. The van der Waals surface area contributed by atoms with Crippen molar-refractivity contribution in [2.75, 3.05) is 6.54 Å². The second-order valence-corrected chi connectivity index (χ2v) is 5.10. The molecular formula is C16H19ClN2O. The molecule has 2 rings (SSSR count). The Bertz CT molecular complexity index is 572. The molecule has 1 heterocycles. The number of rotatable bonds is 6. The van der Waals surface area contributed by atoms with Crippen LogP contribution in [0.2, 0.25) is 5.02 Å². The van der Waals surface area contributed by atoms with Gasteiger partial charge in [-0.3, -0.25) is 4.98 Å². The van der Waals surface area contributed by atoms with Crippen molar-refractivity contribution in [3.8, 4) is 11.5 Å². The number of nitrogens with zero attached hydrogens (tertiary/aromatic N) is 1. The molecular weight excluding hydrogens is 272 g/mol. The fourth-order valence-electron chi connectivity index (χ4n) is 1.83. The fourth-order valence-corrected chi connectivity index (χ4v) is 1.98. The lowest BCUT2D eigenvalue weighted by atomic mass is 10.2. The quantitative estimate of drug-likeness (QED) is 0.804. The molecule has 1 aromatic heterocycles. The molecule has 0 fully saturated rings. The van der Waals surface area contributed by atoms with E-state index in [4.69, 9.17) is 16.3 Å². The van der Waals surface area contributed by atoms with Gasteiger partial charge in [-0.2, -0.15) is 0 Å². The molecule has 0 saturated carbocycles. The highest BCUT2D eigenvalue weighted by atomic mass is 35.5. The summed E-state index contributed by atoms with van der Waals surface area (Å²) in [6.45, 7) is 5.87. The van der Waals surface area contributed by atoms with Gasteiger partial charge in [-0.15, -0.1) is 0 Å². The summed E-state index contributed by atoms with van der Waals surface area (Å²) in [7, 11) is 0. The molecule has 0 radical (unpaired) electrons. The van der Waals surface area contributed by atoms with Crippen LogP contribution in [-0.2, 0) is 6.54 Å². The predicted molar refractivity (Wildman–Crippen MR) is 82.5 cm³/mol. The maximum Gasteiger partial charge on any atom is 0.146 e. The molecule has 0 bridgehead atoms. The zero-order chi connectivity index (χ0) is 14.4. The summed E-state index contributed by atoms with van der Waals surface area (Å²) < 4.78 is 5.84. The SMILES string of the molecule is CCCNCc1cc(Oc2cc(C)ccc2Cl)ccn1. The molecule has 1 aromatic carbocycles. The highest BCUT2D eigenvalue weighted by Gasteiger charge is 2.04. The molecule has 0 aliphatic heterocycles. The molecule has 1 N–H and O–H groups in total. The molecule has 3 nitrogen and oxygen atoms in total. The number of nitrogens with one attached hydrogen (secondary N) is 1. The maximum atomic E-state index is 6.14. The van der Waals surface area contributed by atoms with Crippen LogP contribution in [0.25, 0.3) is 0 Å². The molecule has 0 aliphatic rings. The number of benzene rings is 1. The van der Waals surface area contributed by atoms with Crippen LogP contribution in [0.15, 0.2) is 36.5 Å². The number of aryl methyl sites for hydroxylation is 1. The van der Waals surface area contributed by atoms with E-state index in [2.05, 4.69) is 17.2 Å². The highest BCUT2D eigenvalue weighted by molar-refractivity contribution is 6.32. The minimum Gasteiger partial charge on any atom is -0.456 e. The molecule has 0 unspecified atom stereocenters. The van der Waals surface area contributed by atoms with Gasteiger partial charge in [0.1, 0.15) is 11.5 Å². The second kappa shape index (κ2) is 7.27. The van der Waals surface area contributed by atoms with Gasteiger partial charge in [-0.25, -0.2) is 0 Å². The van der Waals surface area contributed by atoms with Crippen molar-refractivity contribution >= 4 is 11.6 Å². The van der Waals surface area contributed by atoms with Crippen molar-refractivity contribution in [3.63, 3.8) is 0 Å². The maximum absolute atomic E-state index is 6.14. The molecule has 0 saturated heterocycles. The van der Waals surface area contributed by atoms with Crippen LogP contribution in [0.1, 0.15) is 24.6 Å². The van der Waals surface area contributed by atoms with Crippen molar-refractivity contribution in [1.29, 1.82) is 0 Å². The Morgan fingerprint density at radius 1 is 1.25 bits per heavy atom. The summed E-state index contributed by atoms with van der Waals surface area (Å²) in [6, 6.07) is 9.50. The monoisotopic (exact) mass is 290 g/mol. The van der Waals surface area contributed by atoms with Crippen LogP contribution in [0, 0.1) is 6.92 Å². The Morgan fingerprint density at radius 2 is 2.10 bits per heavy atom. The largest absolute Gasteiger partial charge is 0.456 e. The second-order valence-electron chi connectivity index (χ2n) is 4.70. The van der Waals surface area contributed by atoms with E-state index in [1.807, 2.05) is 37.3 Å². The van der Waals surface area contributed by atoms with Crippen molar-refractivity contribution in [3.05, 3.63) is 52.8 Å². The first-order valence-electron chi connectivity index (χ1n) is 6.78. The van der Waals surface area contributed by atoms with E-state index in [1.165, 1.54) is 0 Å². The van der Waals surface area contributed by atoms with E-state index in [-0.39, 0.29) is 0 Å². The van der Waals surface area contributed by atoms with Gasteiger partial charge >= 0.3 is 0 Å². The average Bonchev–Trinajstić information content (AvgIpc) is 2.44. The van der Waals surface area contributed by atoms with Crippen LogP contribution in [0.3, 0.4) is 0 Å². The third-order valence-corrected chi connectivity index (χ3v) is 3.15. The van der Waals surface area contributed by atoms with E-state index in [1.54, 1.807) is 6.20 Å². The normalized spacial score (nSPS) is 10.6. The van der Waals surface area contributed by atoms with Gasteiger partial charge in [-0.1, -0.05) is 24.6 Å². The Kier molecular flexibility index (Phi) is 5.39. The molecule has 2 aromatic rings. The molecule has 0 spiro atoms. The Morgan fingerprint density at radius 3 is 2.90 bits per heavy atom. The number of pyridine rings is 1. The zero-order valence-corrected chi connectivity index (χ0v) is 12.6. The van der Waals surface area contributed by atoms with Crippen LogP contribution < -0.4 is 10.1 Å². The summed E-state index contributed by atoms with van der Waals surface area (Å²) in [6.07, 6.45) is 2.86. The first-order chi connectivity index (χ1) is 9.69. The fraction of sp³-hybridized carbons (Fsp3) is 0.312. The predicted octanol–water partition coefficient (Wildman–Crippen LogP) is 4.34. The van der Waals surface area contributed by atoms with Crippen LogP contribution >= 0.6 is 11.6 Å². The Balaban J connectivity index is 2.09. The number of hydrogen-bond donors (Lipinski definition) is 1. The summed E-state index contributed by atoms with van der Waals surface area (Å²) in [5.74, 6) is 1.42. The van der Waals surface area contributed by atoms with Gasteiger partial charge in [0.15, 0.2) is 0 Å². The molecule has 0 aliphatic carbocycles. The molecule has 4 heteroatoms. The van der Waals surface area contributed by atoms with Crippen molar-refractivity contribution in [2.24, 2.45) is 0 Å². The first kappa shape index (κ1) is 14.8. The van der Waals surface area contributed by atoms with Crippen LogP contribution in [0.5, 0.6) is 11.5 Å². The molecule has 106 valence electrons. The number of hydrogen-bond acceptors (Lipinski definition) is 3. The number of halogens is 1. The van der Waals surface area contributed by atoms with Gasteiger partial charge in [-0.05, 0) is 43.7 Å². The topological polar surface area (TPSA) is 34.1 Å². The average molecular weight is 291 g/mol. The van der Waals surface area contributed by atoms with E-state index in [0.29, 0.717) is 10.8 Å². The van der Waals surface area contributed by atoms with Gasteiger partial charge < -0.3 is 10.1 Å². The number of aromatic nitrogens is 1. The lowest BCUT2D eigenvalue weighted by molar-refractivity contribution is 0.480. The van der Waals surface area contributed by atoms with Crippen molar-refractivity contribution in [2.45, 2.75) is 26.8 Å². The van der Waals surface area contributed by atoms with Gasteiger partial charge in [0, 0.05) is 18.8 Å². The molecule has 0 atom stereocenters. The standard InChI is InChI=1S/C16H19ClN2O/c1-3-7-18-11-13-10-14(6-8-19-13)20-16-9-12(2)4-5-15(16)17/h4-6,8-10,18H,3,7,11H2,1-2H3. The van der Waals surface area contributed by atoms with Crippen LogP contribution in [-0.4, -0.2) is 11.5 Å². The van der Waals surface area contributed by atoms with Crippen molar-refractivity contribution in [1.82, 2.24) is 10.3 Å². The molecule has 20 heavy (non-hydrogen) atoms. The minimum absolute atomic E-state index is 0.609. The highest BCUT2D eigenvalue weighted by Crippen LogP contribution is 2.30. The smallest absolute Gasteiger partial charge is 0.146 e. The van der Waals surface area contributed by atoms with Gasteiger partial charge in [0.2, 0.25) is 0 Å². The van der Waals surface area contributed by atoms with E-state index in [0.717, 1.165) is 36.5 Å². The van der Waals surface area contributed by atoms with E-state index < -0.39 is 0 Å². The van der Waals surface area contributed by atoms with Crippen molar-refractivity contribution < 1.29 is 4.74 Å². The Labute approximate surface area is 124 Å². The van der Waals surface area contributed by atoms with E-state index in [9.17, 15) is 0 Å². The summed E-state index contributed by atoms with van der Waals surface area (Å²) in [5.41, 5.74) is 2.07. The third kappa shape index (κ3) is 4.22. The van der Waals surface area contributed by atoms with Gasteiger partial charge in [0.05, 0.1) is 10.7 Å².